The van der Waals surface area contributed by atoms with E-state index in [0.717, 1.165) is 32.8 Å². The number of thiazole rings is 1. The number of amides is 1. The van der Waals surface area contributed by atoms with Crippen LogP contribution in [0.3, 0.4) is 0 Å². The standard InChI is InChI=1S/C23H25BrClN5OS/c1-14-29-19(20(32-14)15-5-7-17(25)8-6-15)21(31)30-10-4-9-23(2,3)18(30)13-28-22-26-11-16(24)12-27-22/h5-8,11-12,18H,4,9-10,13H2,1-3H3,(H,26,27,28). The van der Waals surface area contributed by atoms with Gasteiger partial charge in [0, 0.05) is 30.5 Å². The molecule has 1 amide bonds. The van der Waals surface area contributed by atoms with Crippen LogP contribution < -0.4 is 5.32 Å². The van der Waals surface area contributed by atoms with Crippen molar-refractivity contribution in [3.8, 4) is 10.4 Å². The highest BCUT2D eigenvalue weighted by molar-refractivity contribution is 9.10. The number of nitrogens with zero attached hydrogens (tertiary/aromatic N) is 4. The summed E-state index contributed by atoms with van der Waals surface area (Å²) in [5.41, 5.74) is 1.41. The molecule has 1 aliphatic rings. The number of aryl methyl sites for hydroxylation is 1. The Morgan fingerprint density at radius 1 is 1.28 bits per heavy atom. The maximum Gasteiger partial charge on any atom is 0.274 e. The summed E-state index contributed by atoms with van der Waals surface area (Å²) in [5.74, 6) is 0.518. The zero-order valence-corrected chi connectivity index (χ0v) is 21.4. The van der Waals surface area contributed by atoms with Gasteiger partial charge in [-0.05, 0) is 58.8 Å². The van der Waals surface area contributed by atoms with E-state index < -0.39 is 0 Å². The molecule has 0 bridgehead atoms. The van der Waals surface area contributed by atoms with Crippen LogP contribution in [0.2, 0.25) is 5.02 Å². The van der Waals surface area contributed by atoms with Crippen molar-refractivity contribution < 1.29 is 4.79 Å². The Morgan fingerprint density at radius 3 is 2.66 bits per heavy atom. The van der Waals surface area contributed by atoms with Gasteiger partial charge in [0.05, 0.1) is 20.4 Å². The van der Waals surface area contributed by atoms with Gasteiger partial charge in [-0.2, -0.15) is 0 Å². The lowest BCUT2D eigenvalue weighted by molar-refractivity contribution is 0.0315. The predicted molar refractivity (Wildman–Crippen MR) is 133 cm³/mol. The molecule has 9 heteroatoms. The molecule has 1 N–H and O–H groups in total. The van der Waals surface area contributed by atoms with Crippen LogP contribution >= 0.6 is 38.9 Å². The Bertz CT molecular complexity index is 1100. The van der Waals surface area contributed by atoms with Crippen LogP contribution in [0.15, 0.2) is 41.1 Å². The molecule has 0 radical (unpaired) electrons. The SMILES string of the molecule is Cc1nc(C(=O)N2CCCC(C)(C)C2CNc2ncc(Br)cn2)c(-c2ccc(Cl)cc2)s1. The molecule has 1 aromatic carbocycles. The van der Waals surface area contributed by atoms with Gasteiger partial charge < -0.3 is 10.2 Å². The van der Waals surface area contributed by atoms with Gasteiger partial charge in [-0.1, -0.05) is 37.6 Å². The van der Waals surface area contributed by atoms with Crippen LogP contribution in [0.5, 0.6) is 0 Å². The summed E-state index contributed by atoms with van der Waals surface area (Å²) in [6, 6.07) is 7.55. The molecule has 3 heterocycles. The van der Waals surface area contributed by atoms with Crippen LogP contribution in [-0.4, -0.2) is 44.9 Å². The third kappa shape index (κ3) is 4.97. The quantitative estimate of drug-likeness (QED) is 0.430. The van der Waals surface area contributed by atoms with E-state index in [9.17, 15) is 4.79 Å². The Hall–Kier alpha value is -2.03. The number of benzene rings is 1. The fourth-order valence-corrected chi connectivity index (χ4v) is 5.42. The second-order valence-corrected chi connectivity index (χ2v) is 11.2. The second kappa shape index (κ2) is 9.45. The maximum absolute atomic E-state index is 13.8. The van der Waals surface area contributed by atoms with Crippen molar-refractivity contribution in [2.45, 2.75) is 39.7 Å². The van der Waals surface area contributed by atoms with E-state index in [-0.39, 0.29) is 17.4 Å². The molecule has 0 aliphatic carbocycles. The monoisotopic (exact) mass is 533 g/mol. The van der Waals surface area contributed by atoms with E-state index >= 15 is 0 Å². The van der Waals surface area contributed by atoms with E-state index in [1.165, 1.54) is 11.3 Å². The summed E-state index contributed by atoms with van der Waals surface area (Å²) in [4.78, 5) is 29.9. The Morgan fingerprint density at radius 2 is 1.97 bits per heavy atom. The van der Waals surface area contributed by atoms with Crippen molar-refractivity contribution in [3.63, 3.8) is 0 Å². The summed E-state index contributed by atoms with van der Waals surface area (Å²) in [5, 5.41) is 4.86. The molecule has 1 fully saturated rings. The lowest BCUT2D eigenvalue weighted by Gasteiger charge is -2.46. The number of hydrogen-bond acceptors (Lipinski definition) is 6. The fraction of sp³-hybridized carbons (Fsp3) is 0.391. The molecule has 32 heavy (non-hydrogen) atoms. The summed E-state index contributed by atoms with van der Waals surface area (Å²) >= 11 is 11.0. The van der Waals surface area contributed by atoms with Gasteiger partial charge in [0.15, 0.2) is 0 Å². The average molecular weight is 535 g/mol. The van der Waals surface area contributed by atoms with E-state index in [0.29, 0.717) is 29.8 Å². The molecule has 1 aliphatic heterocycles. The zero-order chi connectivity index (χ0) is 22.9. The molecule has 1 saturated heterocycles. The van der Waals surface area contributed by atoms with Crippen LogP contribution in [0.1, 0.15) is 42.2 Å². The minimum absolute atomic E-state index is 0.0175. The number of rotatable bonds is 5. The van der Waals surface area contributed by atoms with Crippen LogP contribution in [0, 0.1) is 12.3 Å². The van der Waals surface area contributed by atoms with E-state index in [2.05, 4.69) is 50.0 Å². The smallest absolute Gasteiger partial charge is 0.274 e. The van der Waals surface area contributed by atoms with Crippen molar-refractivity contribution in [3.05, 3.63) is 56.9 Å². The highest BCUT2D eigenvalue weighted by Crippen LogP contribution is 2.38. The first-order valence-electron chi connectivity index (χ1n) is 10.5. The van der Waals surface area contributed by atoms with E-state index in [4.69, 9.17) is 11.6 Å². The summed E-state index contributed by atoms with van der Waals surface area (Å²) < 4.78 is 0.825. The summed E-state index contributed by atoms with van der Waals surface area (Å²) in [7, 11) is 0. The molecule has 0 saturated carbocycles. The number of nitrogens with one attached hydrogen (secondary N) is 1. The molecule has 1 unspecified atom stereocenters. The molecule has 2 aromatic heterocycles. The highest BCUT2D eigenvalue weighted by Gasteiger charge is 2.41. The van der Waals surface area contributed by atoms with Crippen LogP contribution in [-0.2, 0) is 0 Å². The molecule has 0 spiro atoms. The van der Waals surface area contributed by atoms with Gasteiger partial charge in [-0.15, -0.1) is 11.3 Å². The van der Waals surface area contributed by atoms with Crippen molar-refractivity contribution >= 4 is 50.7 Å². The first-order chi connectivity index (χ1) is 15.2. The van der Waals surface area contributed by atoms with Crippen molar-refractivity contribution in [1.82, 2.24) is 19.9 Å². The molecule has 6 nitrogen and oxygen atoms in total. The molecule has 168 valence electrons. The summed E-state index contributed by atoms with van der Waals surface area (Å²) in [6.45, 7) is 7.64. The molecule has 3 aromatic rings. The number of likely N-dealkylation sites (tertiary alicyclic amines) is 1. The van der Waals surface area contributed by atoms with Crippen molar-refractivity contribution in [2.24, 2.45) is 5.41 Å². The number of piperidine rings is 1. The predicted octanol–water partition coefficient (Wildman–Crippen LogP) is 6.07. The first kappa shape index (κ1) is 23.1. The number of halogens is 2. The number of aromatic nitrogens is 3. The molecule has 1 atom stereocenters. The minimum atomic E-state index is -0.0538. The van der Waals surface area contributed by atoms with E-state index in [1.54, 1.807) is 12.4 Å². The van der Waals surface area contributed by atoms with Gasteiger partial charge in [0.25, 0.3) is 5.91 Å². The van der Waals surface area contributed by atoms with Gasteiger partial charge in [-0.25, -0.2) is 15.0 Å². The molecular formula is C23H25BrClN5OS. The maximum atomic E-state index is 13.8. The third-order valence-electron chi connectivity index (χ3n) is 5.88. The van der Waals surface area contributed by atoms with Gasteiger partial charge in [0.1, 0.15) is 5.69 Å². The van der Waals surface area contributed by atoms with Crippen LogP contribution in [0.25, 0.3) is 10.4 Å². The van der Waals surface area contributed by atoms with Crippen molar-refractivity contribution in [2.75, 3.05) is 18.4 Å². The van der Waals surface area contributed by atoms with Gasteiger partial charge >= 0.3 is 0 Å². The molecular weight excluding hydrogens is 510 g/mol. The van der Waals surface area contributed by atoms with Crippen LogP contribution in [0.4, 0.5) is 5.95 Å². The van der Waals surface area contributed by atoms with Crippen molar-refractivity contribution in [1.29, 1.82) is 0 Å². The Labute approximate surface area is 205 Å². The molecule has 4 rings (SSSR count). The van der Waals surface area contributed by atoms with Gasteiger partial charge in [-0.3, -0.25) is 4.79 Å². The largest absolute Gasteiger partial charge is 0.352 e. The Balaban J connectivity index is 1.62. The minimum Gasteiger partial charge on any atom is -0.352 e. The topological polar surface area (TPSA) is 71.0 Å². The number of carbonyl (C=O) groups is 1. The number of carbonyl (C=O) groups excluding carboxylic acids is 1. The normalized spacial score (nSPS) is 17.9. The number of hydrogen-bond donors (Lipinski definition) is 1. The zero-order valence-electron chi connectivity index (χ0n) is 18.2. The second-order valence-electron chi connectivity index (χ2n) is 8.63. The lowest BCUT2D eigenvalue weighted by Crippen LogP contribution is -2.55. The highest BCUT2D eigenvalue weighted by atomic mass is 79.9. The van der Waals surface area contributed by atoms with Gasteiger partial charge in [0.2, 0.25) is 5.95 Å². The van der Waals surface area contributed by atoms with E-state index in [1.807, 2.05) is 36.1 Å². The number of anilines is 1. The summed E-state index contributed by atoms with van der Waals surface area (Å²) in [6.07, 6.45) is 5.43. The fourth-order valence-electron chi connectivity index (χ4n) is 4.18. The average Bonchev–Trinajstić information content (AvgIpc) is 3.15. The lowest BCUT2D eigenvalue weighted by atomic mass is 9.76. The third-order valence-corrected chi connectivity index (χ3v) is 7.56. The Kier molecular flexibility index (Phi) is 6.83. The first-order valence-corrected chi connectivity index (χ1v) is 12.5.